The average Bonchev–Trinajstić information content (AvgIpc) is 2.76. The minimum atomic E-state index is -0.629. The number of benzene rings is 2. The summed E-state index contributed by atoms with van der Waals surface area (Å²) in [6.07, 6.45) is 1.93. The molecule has 30 heavy (non-hydrogen) atoms. The summed E-state index contributed by atoms with van der Waals surface area (Å²) in [5, 5.41) is 2.86. The smallest absolute Gasteiger partial charge is 0.273 e. The summed E-state index contributed by atoms with van der Waals surface area (Å²) in [6.45, 7) is 0.432. The van der Waals surface area contributed by atoms with E-state index in [1.54, 1.807) is 18.2 Å². The number of H-pyrrole nitrogens is 1. The van der Waals surface area contributed by atoms with Gasteiger partial charge in [0.1, 0.15) is 6.54 Å². The number of carbonyl (C=O) groups excluding carboxylic acids is 2. The van der Waals surface area contributed by atoms with Crippen molar-refractivity contribution in [1.29, 1.82) is 0 Å². The second-order valence-electron chi connectivity index (χ2n) is 7.13. The summed E-state index contributed by atoms with van der Waals surface area (Å²) in [7, 11) is 0. The molecule has 1 aromatic heterocycles. The lowest BCUT2D eigenvalue weighted by Crippen LogP contribution is -2.49. The van der Waals surface area contributed by atoms with Crippen LogP contribution >= 0.6 is 0 Å². The van der Waals surface area contributed by atoms with Crippen LogP contribution < -0.4 is 26.9 Å². The van der Waals surface area contributed by atoms with Gasteiger partial charge < -0.3 is 4.90 Å². The topological polar surface area (TPSA) is 116 Å². The minimum absolute atomic E-state index is 0.101. The number of fused-ring (bicyclic) bond motifs is 2. The Morgan fingerprint density at radius 3 is 2.37 bits per heavy atom. The van der Waals surface area contributed by atoms with Crippen molar-refractivity contribution >= 4 is 28.3 Å². The molecule has 0 fully saturated rings. The summed E-state index contributed by atoms with van der Waals surface area (Å²) < 4.78 is 0.924. The third-order valence-electron chi connectivity index (χ3n) is 5.07. The summed E-state index contributed by atoms with van der Waals surface area (Å²) in [4.78, 5) is 51.0. The molecule has 0 atom stereocenters. The number of rotatable bonds is 4. The highest BCUT2D eigenvalue weighted by Crippen LogP contribution is 2.26. The van der Waals surface area contributed by atoms with Gasteiger partial charge in [0, 0.05) is 12.2 Å². The highest BCUT2D eigenvalue weighted by Gasteiger charge is 2.19. The fourth-order valence-electron chi connectivity index (χ4n) is 3.67. The number of amides is 2. The maximum Gasteiger partial charge on any atom is 0.273 e. The van der Waals surface area contributed by atoms with Gasteiger partial charge in [-0.1, -0.05) is 30.3 Å². The highest BCUT2D eigenvalue weighted by molar-refractivity contribution is 5.85. The Kier molecular flexibility index (Phi) is 5.34. The number of aryl methyl sites for hydroxylation is 1. The molecule has 2 amide bonds. The first-order valence-electron chi connectivity index (χ1n) is 9.65. The van der Waals surface area contributed by atoms with E-state index in [1.165, 1.54) is 11.6 Å². The van der Waals surface area contributed by atoms with Crippen LogP contribution in [-0.2, 0) is 22.6 Å². The molecule has 4 rings (SSSR count). The standard InChI is InChI=1S/C21H21N5O4/c27-18(12-25-11-5-7-14-6-1-4-10-17(14)25)22-23-19(28)13-26-21(30)16-9-3-2-8-15(16)20(29)24-26/h1-4,6,8-10H,5,7,11-13H2,(H,22,27)(H,23,28)(H,24,29). The lowest BCUT2D eigenvalue weighted by Gasteiger charge is -2.30. The van der Waals surface area contributed by atoms with E-state index in [-0.39, 0.29) is 23.2 Å². The lowest BCUT2D eigenvalue weighted by molar-refractivity contribution is -0.128. The molecule has 2 heterocycles. The lowest BCUT2D eigenvalue weighted by atomic mass is 10.0. The van der Waals surface area contributed by atoms with E-state index in [1.807, 2.05) is 29.2 Å². The van der Waals surface area contributed by atoms with E-state index in [9.17, 15) is 19.2 Å². The van der Waals surface area contributed by atoms with Crippen molar-refractivity contribution in [2.45, 2.75) is 19.4 Å². The number of para-hydroxylation sites is 1. The third kappa shape index (κ3) is 3.95. The molecule has 0 bridgehead atoms. The van der Waals surface area contributed by atoms with E-state index in [4.69, 9.17) is 0 Å². The van der Waals surface area contributed by atoms with Crippen molar-refractivity contribution in [3.05, 3.63) is 74.8 Å². The van der Waals surface area contributed by atoms with Crippen LogP contribution in [0.15, 0.2) is 58.1 Å². The van der Waals surface area contributed by atoms with Crippen LogP contribution in [-0.4, -0.2) is 34.7 Å². The number of hydrogen-bond donors (Lipinski definition) is 3. The number of anilines is 1. The van der Waals surface area contributed by atoms with Gasteiger partial charge in [-0.25, -0.2) is 4.68 Å². The van der Waals surface area contributed by atoms with Gasteiger partial charge in [0.05, 0.1) is 17.3 Å². The average molecular weight is 407 g/mol. The Bertz CT molecular complexity index is 1230. The normalized spacial score (nSPS) is 13.0. The van der Waals surface area contributed by atoms with E-state index in [0.717, 1.165) is 29.8 Å². The number of nitrogens with one attached hydrogen (secondary N) is 3. The second kappa shape index (κ2) is 8.24. The van der Waals surface area contributed by atoms with Crippen molar-refractivity contribution in [2.75, 3.05) is 18.0 Å². The number of nitrogens with zero attached hydrogens (tertiary/aromatic N) is 2. The van der Waals surface area contributed by atoms with Crippen LogP contribution in [0.3, 0.4) is 0 Å². The maximum atomic E-state index is 12.5. The van der Waals surface area contributed by atoms with Gasteiger partial charge in [-0.3, -0.25) is 35.1 Å². The minimum Gasteiger partial charge on any atom is -0.362 e. The molecule has 9 heteroatoms. The van der Waals surface area contributed by atoms with Gasteiger partial charge in [-0.15, -0.1) is 0 Å². The zero-order valence-corrected chi connectivity index (χ0v) is 16.2. The van der Waals surface area contributed by atoms with Gasteiger partial charge in [0.25, 0.3) is 22.9 Å². The molecule has 3 N–H and O–H groups in total. The molecule has 0 saturated carbocycles. The molecule has 0 unspecified atom stereocenters. The molecule has 2 aromatic carbocycles. The van der Waals surface area contributed by atoms with Gasteiger partial charge >= 0.3 is 0 Å². The molecule has 9 nitrogen and oxygen atoms in total. The van der Waals surface area contributed by atoms with Crippen LogP contribution in [0.5, 0.6) is 0 Å². The molecular weight excluding hydrogens is 386 g/mol. The van der Waals surface area contributed by atoms with Crippen molar-refractivity contribution < 1.29 is 9.59 Å². The Morgan fingerprint density at radius 2 is 1.57 bits per heavy atom. The van der Waals surface area contributed by atoms with Gasteiger partial charge in [-0.2, -0.15) is 0 Å². The third-order valence-corrected chi connectivity index (χ3v) is 5.07. The summed E-state index contributed by atoms with van der Waals surface area (Å²) in [5.41, 5.74) is 5.91. The van der Waals surface area contributed by atoms with E-state index in [0.29, 0.717) is 0 Å². The first-order valence-corrected chi connectivity index (χ1v) is 9.65. The molecule has 3 aromatic rings. The molecule has 0 radical (unpaired) electrons. The number of carbonyl (C=O) groups is 2. The summed E-state index contributed by atoms with van der Waals surface area (Å²) in [6, 6.07) is 14.3. The molecule has 154 valence electrons. The zero-order valence-electron chi connectivity index (χ0n) is 16.2. The fourth-order valence-corrected chi connectivity index (χ4v) is 3.67. The van der Waals surface area contributed by atoms with Crippen molar-refractivity contribution in [3.63, 3.8) is 0 Å². The molecular formula is C21H21N5O4. The quantitative estimate of drug-likeness (QED) is 0.538. The second-order valence-corrected chi connectivity index (χ2v) is 7.13. The van der Waals surface area contributed by atoms with E-state index < -0.39 is 23.6 Å². The van der Waals surface area contributed by atoms with Crippen LogP contribution in [0, 0.1) is 0 Å². The van der Waals surface area contributed by atoms with Gasteiger partial charge in [0.15, 0.2) is 0 Å². The Labute approximate surface area is 171 Å². The first-order chi connectivity index (χ1) is 14.5. The summed E-state index contributed by atoms with van der Waals surface area (Å²) >= 11 is 0. The number of hydrogen-bond acceptors (Lipinski definition) is 5. The first kappa shape index (κ1) is 19.4. The number of aromatic nitrogens is 2. The van der Waals surface area contributed by atoms with Crippen LogP contribution in [0.4, 0.5) is 5.69 Å². The Balaban J connectivity index is 1.37. The van der Waals surface area contributed by atoms with Crippen molar-refractivity contribution in [1.82, 2.24) is 20.6 Å². The van der Waals surface area contributed by atoms with Crippen LogP contribution in [0.2, 0.25) is 0 Å². The maximum absolute atomic E-state index is 12.5. The zero-order chi connectivity index (χ0) is 21.1. The molecule has 1 aliphatic rings. The predicted molar refractivity (Wildman–Crippen MR) is 112 cm³/mol. The number of hydrazine groups is 1. The van der Waals surface area contributed by atoms with E-state index >= 15 is 0 Å². The van der Waals surface area contributed by atoms with E-state index in [2.05, 4.69) is 16.0 Å². The highest BCUT2D eigenvalue weighted by atomic mass is 16.2. The SMILES string of the molecule is O=C(CN1CCCc2ccccc21)NNC(=O)Cn1[nH]c(=O)c2ccccc2c1=O. The molecule has 0 saturated heterocycles. The van der Waals surface area contributed by atoms with Crippen LogP contribution in [0.25, 0.3) is 10.8 Å². The monoisotopic (exact) mass is 407 g/mol. The molecule has 1 aliphatic heterocycles. The predicted octanol–water partition coefficient (Wildman–Crippen LogP) is 0.290. The van der Waals surface area contributed by atoms with Crippen LogP contribution in [0.1, 0.15) is 12.0 Å². The largest absolute Gasteiger partial charge is 0.362 e. The molecule has 0 spiro atoms. The molecule has 0 aliphatic carbocycles. The van der Waals surface area contributed by atoms with Crippen molar-refractivity contribution in [2.24, 2.45) is 0 Å². The van der Waals surface area contributed by atoms with Gasteiger partial charge in [0.2, 0.25) is 0 Å². The van der Waals surface area contributed by atoms with Crippen molar-refractivity contribution in [3.8, 4) is 0 Å². The van der Waals surface area contributed by atoms with Gasteiger partial charge in [-0.05, 0) is 36.6 Å². The fraction of sp³-hybridized carbons (Fsp3) is 0.238. The summed E-state index contributed by atoms with van der Waals surface area (Å²) in [5.74, 6) is -1.00. The number of aromatic amines is 1. The Hall–Kier alpha value is -3.88. The Morgan fingerprint density at radius 1 is 0.900 bits per heavy atom.